The van der Waals surface area contributed by atoms with E-state index in [0.717, 1.165) is 0 Å². The summed E-state index contributed by atoms with van der Waals surface area (Å²) in [5.41, 5.74) is -0.144. The minimum absolute atomic E-state index is 0.103. The third kappa shape index (κ3) is 2.57. The fourth-order valence-electron chi connectivity index (χ4n) is 2.32. The highest BCUT2D eigenvalue weighted by molar-refractivity contribution is 5.96. The van der Waals surface area contributed by atoms with E-state index in [1.54, 1.807) is 0 Å². The van der Waals surface area contributed by atoms with Crippen LogP contribution in [-0.2, 0) is 14.3 Å². The van der Waals surface area contributed by atoms with Crippen LogP contribution in [0.2, 0.25) is 0 Å². The van der Waals surface area contributed by atoms with Gasteiger partial charge in [0.05, 0.1) is 19.1 Å². The number of carboxylic acids is 1. The van der Waals surface area contributed by atoms with Crippen LogP contribution in [0.25, 0.3) is 0 Å². The van der Waals surface area contributed by atoms with E-state index in [4.69, 9.17) is 9.84 Å². The highest BCUT2D eigenvalue weighted by atomic mass is 16.5. The average molecular weight is 238 g/mol. The molecule has 0 aliphatic heterocycles. The number of ether oxygens (including phenoxy) is 1. The summed E-state index contributed by atoms with van der Waals surface area (Å²) >= 11 is 0. The van der Waals surface area contributed by atoms with E-state index in [0.29, 0.717) is 19.6 Å². The lowest BCUT2D eigenvalue weighted by Crippen LogP contribution is -2.03. The van der Waals surface area contributed by atoms with Gasteiger partial charge in [-0.25, -0.2) is 0 Å². The average Bonchev–Trinajstić information content (AvgIpc) is 3.04. The molecule has 0 saturated heterocycles. The van der Waals surface area contributed by atoms with E-state index in [2.05, 4.69) is 0 Å². The number of aliphatic carboxylic acids is 1. The maximum Gasteiger partial charge on any atom is 0.307 e. The lowest BCUT2D eigenvalue weighted by molar-refractivity contribution is -0.139. The molecule has 94 valence electrons. The van der Waals surface area contributed by atoms with Gasteiger partial charge in [-0.2, -0.15) is 0 Å². The monoisotopic (exact) mass is 238 g/mol. The molecule has 2 aliphatic carbocycles. The smallest absolute Gasteiger partial charge is 0.307 e. The number of carbonyl (C=O) groups excluding carboxylic acids is 1. The van der Waals surface area contributed by atoms with Gasteiger partial charge in [0.1, 0.15) is 5.78 Å². The number of hydrogen-bond donors (Lipinski definition) is 1. The van der Waals surface area contributed by atoms with Crippen LogP contribution in [0.15, 0.2) is 12.2 Å². The van der Waals surface area contributed by atoms with Gasteiger partial charge in [-0.15, -0.1) is 0 Å². The van der Waals surface area contributed by atoms with Crippen molar-refractivity contribution in [1.29, 1.82) is 0 Å². The number of Topliss-reactive ketones (excluding diaryl/α,β-unsaturated/α-hetero) is 1. The number of carbonyl (C=O) groups is 2. The van der Waals surface area contributed by atoms with Crippen molar-refractivity contribution in [2.75, 3.05) is 13.2 Å². The molecule has 4 heteroatoms. The van der Waals surface area contributed by atoms with Crippen molar-refractivity contribution in [2.24, 2.45) is 23.2 Å². The van der Waals surface area contributed by atoms with Crippen LogP contribution in [0.1, 0.15) is 20.3 Å². The highest BCUT2D eigenvalue weighted by Crippen LogP contribution is 2.58. The van der Waals surface area contributed by atoms with Gasteiger partial charge in [0.2, 0.25) is 0 Å². The van der Waals surface area contributed by atoms with Gasteiger partial charge in [0.25, 0.3) is 0 Å². The number of allylic oxidation sites excluding steroid dienone is 1. The summed E-state index contributed by atoms with van der Waals surface area (Å²) in [4.78, 5) is 21.6. The Morgan fingerprint density at radius 3 is 2.71 bits per heavy atom. The Balaban J connectivity index is 1.67. The maximum absolute atomic E-state index is 10.9. The van der Waals surface area contributed by atoms with E-state index in [9.17, 15) is 9.59 Å². The largest absolute Gasteiger partial charge is 0.481 e. The summed E-state index contributed by atoms with van der Waals surface area (Å²) in [7, 11) is 0. The molecule has 2 fully saturated rings. The predicted octanol–water partition coefficient (Wildman–Crippen LogP) is 1.51. The highest BCUT2D eigenvalue weighted by Gasteiger charge is 2.60. The number of ketones is 1. The molecule has 2 rings (SSSR count). The first kappa shape index (κ1) is 12.3. The molecule has 2 saturated carbocycles. The molecule has 0 bridgehead atoms. The maximum atomic E-state index is 10.9. The van der Waals surface area contributed by atoms with E-state index < -0.39 is 5.97 Å². The Morgan fingerprint density at radius 2 is 2.24 bits per heavy atom. The van der Waals surface area contributed by atoms with Gasteiger partial charge in [-0.05, 0) is 11.3 Å². The minimum atomic E-state index is -0.728. The van der Waals surface area contributed by atoms with Gasteiger partial charge >= 0.3 is 5.97 Å². The predicted molar refractivity (Wildman–Crippen MR) is 61.5 cm³/mol. The molecule has 0 spiro atoms. The quantitative estimate of drug-likeness (QED) is 0.562. The van der Waals surface area contributed by atoms with Crippen LogP contribution in [0.5, 0.6) is 0 Å². The molecule has 4 nitrogen and oxygen atoms in total. The summed E-state index contributed by atoms with van der Waals surface area (Å²) in [6.45, 7) is 4.89. The van der Waals surface area contributed by atoms with Gasteiger partial charge in [0, 0.05) is 12.3 Å². The van der Waals surface area contributed by atoms with E-state index >= 15 is 0 Å². The molecular weight excluding hydrogens is 220 g/mol. The molecule has 0 heterocycles. The molecule has 1 N–H and O–H groups in total. The van der Waals surface area contributed by atoms with Gasteiger partial charge in [-0.3, -0.25) is 9.59 Å². The zero-order valence-electron chi connectivity index (χ0n) is 10.2. The van der Waals surface area contributed by atoms with Crippen molar-refractivity contribution >= 4 is 11.8 Å². The summed E-state index contributed by atoms with van der Waals surface area (Å²) < 4.78 is 5.31. The first-order valence-corrected chi connectivity index (χ1v) is 5.94. The molecule has 2 aliphatic rings. The lowest BCUT2D eigenvalue weighted by Gasteiger charge is -1.98. The first-order valence-electron chi connectivity index (χ1n) is 5.94. The van der Waals surface area contributed by atoms with Crippen molar-refractivity contribution in [3.8, 4) is 0 Å². The Hall–Kier alpha value is -1.16. The lowest BCUT2D eigenvalue weighted by atomic mass is 10.1. The molecule has 0 aromatic heterocycles. The standard InChI is InChI=1S/C13H18O4/c1-13(2)9(11(13)12(15)16)4-3-5-17-7-8-6-10(8)14/h3-4,8-9,11H,5-7H2,1-2H3,(H,15,16). The topological polar surface area (TPSA) is 63.6 Å². The van der Waals surface area contributed by atoms with Crippen LogP contribution < -0.4 is 0 Å². The Labute approximate surface area is 101 Å². The van der Waals surface area contributed by atoms with E-state index in [-0.39, 0.29) is 29.0 Å². The van der Waals surface area contributed by atoms with Crippen molar-refractivity contribution in [3.05, 3.63) is 12.2 Å². The minimum Gasteiger partial charge on any atom is -0.481 e. The SMILES string of the molecule is CC1(C)C(C=CCOCC2CC2=O)C1C(=O)O. The Bertz CT molecular complexity index is 370. The molecule has 0 aromatic rings. The molecular formula is C13H18O4. The van der Waals surface area contributed by atoms with Gasteiger partial charge < -0.3 is 9.84 Å². The fraction of sp³-hybridized carbons (Fsp3) is 0.692. The number of rotatable bonds is 6. The summed E-state index contributed by atoms with van der Waals surface area (Å²) in [5, 5.41) is 8.97. The number of carboxylic acid groups (broad SMARTS) is 1. The molecule has 0 aromatic carbocycles. The van der Waals surface area contributed by atoms with Crippen molar-refractivity contribution in [1.82, 2.24) is 0 Å². The van der Waals surface area contributed by atoms with Crippen LogP contribution in [0.4, 0.5) is 0 Å². The zero-order chi connectivity index (χ0) is 12.6. The molecule has 0 radical (unpaired) electrons. The Kier molecular flexibility index (Phi) is 3.08. The zero-order valence-corrected chi connectivity index (χ0v) is 10.2. The van der Waals surface area contributed by atoms with Gasteiger partial charge in [0.15, 0.2) is 0 Å². The van der Waals surface area contributed by atoms with Crippen molar-refractivity contribution in [2.45, 2.75) is 20.3 Å². The second kappa shape index (κ2) is 4.26. The fourth-order valence-corrected chi connectivity index (χ4v) is 2.32. The molecule has 3 unspecified atom stereocenters. The third-order valence-corrected chi connectivity index (χ3v) is 3.80. The Morgan fingerprint density at radius 1 is 1.59 bits per heavy atom. The molecule has 0 amide bonds. The van der Waals surface area contributed by atoms with Crippen molar-refractivity contribution < 1.29 is 19.4 Å². The van der Waals surface area contributed by atoms with E-state index in [1.807, 2.05) is 26.0 Å². The molecule has 3 atom stereocenters. The van der Waals surface area contributed by atoms with E-state index in [1.165, 1.54) is 0 Å². The number of hydrogen-bond acceptors (Lipinski definition) is 3. The van der Waals surface area contributed by atoms with Crippen LogP contribution in [-0.4, -0.2) is 30.1 Å². The summed E-state index contributed by atoms with van der Waals surface area (Å²) in [5.74, 6) is -0.500. The van der Waals surface area contributed by atoms with Crippen molar-refractivity contribution in [3.63, 3.8) is 0 Å². The van der Waals surface area contributed by atoms with Crippen LogP contribution in [0.3, 0.4) is 0 Å². The van der Waals surface area contributed by atoms with Gasteiger partial charge in [-0.1, -0.05) is 26.0 Å². The normalized spacial score (nSPS) is 34.0. The third-order valence-electron chi connectivity index (χ3n) is 3.80. The van der Waals surface area contributed by atoms with Crippen LogP contribution >= 0.6 is 0 Å². The summed E-state index contributed by atoms with van der Waals surface area (Å²) in [6.07, 6.45) is 4.44. The second-order valence-corrected chi connectivity index (χ2v) is 5.50. The van der Waals surface area contributed by atoms with Crippen LogP contribution in [0, 0.1) is 23.2 Å². The first-order chi connectivity index (χ1) is 7.94. The summed E-state index contributed by atoms with van der Waals surface area (Å²) in [6, 6.07) is 0. The second-order valence-electron chi connectivity index (χ2n) is 5.50. The molecule has 17 heavy (non-hydrogen) atoms.